The summed E-state index contributed by atoms with van der Waals surface area (Å²) >= 11 is 0. The number of ether oxygens (including phenoxy) is 1. The molecule has 0 aliphatic heterocycles. The highest BCUT2D eigenvalue weighted by Crippen LogP contribution is 2.25. The van der Waals surface area contributed by atoms with Crippen LogP contribution in [0, 0.1) is 12.3 Å². The average Bonchev–Trinajstić information content (AvgIpc) is 2.95. The van der Waals surface area contributed by atoms with E-state index in [0.29, 0.717) is 0 Å². The number of aromatic nitrogens is 1. The highest BCUT2D eigenvalue weighted by atomic mass is 16.6. The molecule has 0 saturated heterocycles. The maximum absolute atomic E-state index is 12.5. The third-order valence-electron chi connectivity index (χ3n) is 3.53. The van der Waals surface area contributed by atoms with Crippen LogP contribution in [0.4, 0.5) is 4.79 Å². The molecule has 1 atom stereocenters. The van der Waals surface area contributed by atoms with Crippen molar-refractivity contribution < 1.29 is 14.3 Å². The van der Waals surface area contributed by atoms with Gasteiger partial charge in [0.2, 0.25) is 5.91 Å². The molecule has 1 aromatic heterocycles. The first-order valence-electron chi connectivity index (χ1n) is 8.06. The lowest BCUT2D eigenvalue weighted by molar-refractivity contribution is -0.122. The monoisotopic (exact) mass is 341 g/mol. The Kier molecular flexibility index (Phi) is 5.71. The molecule has 0 fully saturated rings. The summed E-state index contributed by atoms with van der Waals surface area (Å²) in [5, 5.41) is 6.26. The third kappa shape index (κ3) is 5.01. The Balaban J connectivity index is 2.20. The number of hydrogen-bond donors (Lipinski definition) is 3. The van der Waals surface area contributed by atoms with Crippen LogP contribution in [0.3, 0.4) is 0 Å². The lowest BCUT2D eigenvalue weighted by Gasteiger charge is -2.21. The molecule has 1 unspecified atom stereocenters. The second-order valence-corrected chi connectivity index (χ2v) is 6.65. The first-order valence-corrected chi connectivity index (χ1v) is 8.06. The van der Waals surface area contributed by atoms with Gasteiger partial charge in [0, 0.05) is 23.6 Å². The SMILES string of the molecule is C#CCNC(=O)C(CNC(=O)OC(C)(C)C)c1c[nH]c2ccccc12. The van der Waals surface area contributed by atoms with Crippen LogP contribution in [0.25, 0.3) is 10.9 Å². The van der Waals surface area contributed by atoms with Crippen LogP contribution < -0.4 is 10.6 Å². The third-order valence-corrected chi connectivity index (χ3v) is 3.53. The Hall–Kier alpha value is -2.94. The molecule has 3 N–H and O–H groups in total. The topological polar surface area (TPSA) is 83.2 Å². The summed E-state index contributed by atoms with van der Waals surface area (Å²) in [4.78, 5) is 27.6. The van der Waals surface area contributed by atoms with Crippen molar-refractivity contribution in [2.75, 3.05) is 13.1 Å². The molecule has 0 saturated carbocycles. The number of carbonyl (C=O) groups is 2. The second-order valence-electron chi connectivity index (χ2n) is 6.65. The summed E-state index contributed by atoms with van der Waals surface area (Å²) in [6.45, 7) is 5.58. The number of nitrogens with one attached hydrogen (secondary N) is 3. The van der Waals surface area contributed by atoms with Crippen LogP contribution in [0.2, 0.25) is 0 Å². The molecule has 0 spiro atoms. The fraction of sp³-hybridized carbons (Fsp3) is 0.368. The number of terminal acetylenes is 1. The number of rotatable bonds is 5. The van der Waals surface area contributed by atoms with Crippen LogP contribution in [0.1, 0.15) is 32.3 Å². The first-order chi connectivity index (χ1) is 11.8. The fourth-order valence-electron chi connectivity index (χ4n) is 2.49. The molecule has 0 aliphatic rings. The van der Waals surface area contributed by atoms with Crippen molar-refractivity contribution in [3.05, 3.63) is 36.0 Å². The largest absolute Gasteiger partial charge is 0.444 e. The van der Waals surface area contributed by atoms with Crippen molar-refractivity contribution >= 4 is 22.9 Å². The fourth-order valence-corrected chi connectivity index (χ4v) is 2.49. The number of amides is 2. The van der Waals surface area contributed by atoms with Crippen LogP contribution in [-0.4, -0.2) is 35.7 Å². The first kappa shape index (κ1) is 18.4. The molecular weight excluding hydrogens is 318 g/mol. The Labute approximate surface area is 147 Å². The molecule has 0 aliphatic carbocycles. The molecule has 0 bridgehead atoms. The molecule has 0 radical (unpaired) electrons. The summed E-state index contributed by atoms with van der Waals surface area (Å²) < 4.78 is 5.23. The smallest absolute Gasteiger partial charge is 0.407 e. The molecule has 132 valence electrons. The van der Waals surface area contributed by atoms with E-state index in [-0.39, 0.29) is 19.0 Å². The number of carbonyl (C=O) groups excluding carboxylic acids is 2. The molecule has 1 aromatic carbocycles. The van der Waals surface area contributed by atoms with E-state index >= 15 is 0 Å². The molecule has 2 aromatic rings. The van der Waals surface area contributed by atoms with Gasteiger partial charge in [-0.2, -0.15) is 0 Å². The summed E-state index contributed by atoms with van der Waals surface area (Å²) in [6.07, 6.45) is 6.43. The number of fused-ring (bicyclic) bond motifs is 1. The minimum Gasteiger partial charge on any atom is -0.444 e. The summed E-state index contributed by atoms with van der Waals surface area (Å²) in [7, 11) is 0. The lowest BCUT2D eigenvalue weighted by Crippen LogP contribution is -2.39. The maximum atomic E-state index is 12.5. The van der Waals surface area contributed by atoms with Crippen LogP contribution in [0.5, 0.6) is 0 Å². The average molecular weight is 341 g/mol. The van der Waals surface area contributed by atoms with Crippen LogP contribution >= 0.6 is 0 Å². The van der Waals surface area contributed by atoms with Crippen LogP contribution in [0.15, 0.2) is 30.5 Å². The predicted molar refractivity (Wildman–Crippen MR) is 97.1 cm³/mol. The Bertz CT molecular complexity index is 796. The van der Waals surface area contributed by atoms with Crippen molar-refractivity contribution in [2.24, 2.45) is 0 Å². The van der Waals surface area contributed by atoms with Crippen molar-refractivity contribution in [3.63, 3.8) is 0 Å². The van der Waals surface area contributed by atoms with Gasteiger partial charge in [0.1, 0.15) is 5.60 Å². The van der Waals surface area contributed by atoms with E-state index in [9.17, 15) is 9.59 Å². The van der Waals surface area contributed by atoms with Crippen molar-refractivity contribution in [3.8, 4) is 12.3 Å². The molecule has 6 nitrogen and oxygen atoms in total. The van der Waals surface area contributed by atoms with Gasteiger partial charge < -0.3 is 20.4 Å². The summed E-state index contributed by atoms with van der Waals surface area (Å²) in [6, 6.07) is 7.67. The van der Waals surface area contributed by atoms with E-state index in [1.54, 1.807) is 27.0 Å². The van der Waals surface area contributed by atoms with E-state index in [0.717, 1.165) is 16.5 Å². The summed E-state index contributed by atoms with van der Waals surface area (Å²) in [5.41, 5.74) is 1.11. The van der Waals surface area contributed by atoms with Gasteiger partial charge in [0.05, 0.1) is 12.5 Å². The highest BCUT2D eigenvalue weighted by Gasteiger charge is 2.25. The quantitative estimate of drug-likeness (QED) is 0.731. The van der Waals surface area contributed by atoms with E-state index < -0.39 is 17.6 Å². The molecule has 1 heterocycles. The van der Waals surface area contributed by atoms with Crippen molar-refractivity contribution in [1.82, 2.24) is 15.6 Å². The van der Waals surface area contributed by atoms with Gasteiger partial charge in [-0.15, -0.1) is 6.42 Å². The van der Waals surface area contributed by atoms with E-state index in [1.165, 1.54) is 0 Å². The van der Waals surface area contributed by atoms with Gasteiger partial charge in [0.15, 0.2) is 0 Å². The zero-order chi connectivity index (χ0) is 18.4. The lowest BCUT2D eigenvalue weighted by atomic mass is 9.97. The standard InChI is InChI=1S/C19H23N3O3/c1-5-10-20-17(23)15(12-22-18(24)25-19(2,3)4)14-11-21-16-9-7-6-8-13(14)16/h1,6-9,11,15,21H,10,12H2,2-4H3,(H,20,23)(H,22,24). The number of alkyl carbamates (subject to hydrolysis) is 1. The summed E-state index contributed by atoms with van der Waals surface area (Å²) in [5.74, 6) is 1.54. The minimum atomic E-state index is -0.605. The van der Waals surface area contributed by atoms with Gasteiger partial charge in [0.25, 0.3) is 0 Å². The number of aromatic amines is 1. The molecule has 25 heavy (non-hydrogen) atoms. The molecule has 2 amide bonds. The number of hydrogen-bond acceptors (Lipinski definition) is 3. The molecular formula is C19H23N3O3. The Morgan fingerprint density at radius 2 is 2.00 bits per heavy atom. The van der Waals surface area contributed by atoms with Gasteiger partial charge in [-0.1, -0.05) is 24.1 Å². The van der Waals surface area contributed by atoms with E-state index in [4.69, 9.17) is 11.2 Å². The van der Waals surface area contributed by atoms with Gasteiger partial charge in [-0.25, -0.2) is 4.79 Å². The van der Waals surface area contributed by atoms with Crippen molar-refractivity contribution in [1.29, 1.82) is 0 Å². The Morgan fingerprint density at radius 3 is 2.68 bits per heavy atom. The maximum Gasteiger partial charge on any atom is 0.407 e. The number of para-hydroxylation sites is 1. The zero-order valence-electron chi connectivity index (χ0n) is 14.7. The second kappa shape index (κ2) is 7.75. The predicted octanol–water partition coefficient (Wildman–Crippen LogP) is 2.53. The van der Waals surface area contributed by atoms with Gasteiger partial charge >= 0.3 is 6.09 Å². The van der Waals surface area contributed by atoms with Gasteiger partial charge in [-0.05, 0) is 32.4 Å². The van der Waals surface area contributed by atoms with E-state index in [1.807, 2.05) is 24.3 Å². The van der Waals surface area contributed by atoms with E-state index in [2.05, 4.69) is 21.5 Å². The number of benzene rings is 1. The zero-order valence-corrected chi connectivity index (χ0v) is 14.7. The molecule has 6 heteroatoms. The molecule has 2 rings (SSSR count). The minimum absolute atomic E-state index is 0.104. The van der Waals surface area contributed by atoms with Crippen molar-refractivity contribution in [2.45, 2.75) is 32.3 Å². The highest BCUT2D eigenvalue weighted by molar-refractivity contribution is 5.92. The normalized spacial score (nSPS) is 12.2. The van der Waals surface area contributed by atoms with Gasteiger partial charge in [-0.3, -0.25) is 4.79 Å². The number of H-pyrrole nitrogens is 1. The van der Waals surface area contributed by atoms with Crippen LogP contribution in [-0.2, 0) is 9.53 Å². The Morgan fingerprint density at radius 1 is 1.28 bits per heavy atom.